The molecule has 3 aromatic heterocycles. The number of likely N-dealkylation sites (tertiary alicyclic amines) is 1. The van der Waals surface area contributed by atoms with Crippen LogP contribution in [0, 0.1) is 19.3 Å². The Morgan fingerprint density at radius 3 is 2.53 bits per heavy atom. The molecule has 3 N–H and O–H groups in total. The number of nitrogens with zero attached hydrogens (tertiary/aromatic N) is 6. The van der Waals surface area contributed by atoms with Gasteiger partial charge < -0.3 is 20.4 Å². The molecule has 0 spiro atoms. The highest BCUT2D eigenvalue weighted by Crippen LogP contribution is 2.66. The van der Waals surface area contributed by atoms with Crippen molar-refractivity contribution in [3.63, 3.8) is 0 Å². The van der Waals surface area contributed by atoms with Gasteiger partial charge in [0.1, 0.15) is 40.3 Å². The van der Waals surface area contributed by atoms with Crippen molar-refractivity contribution in [1.82, 2.24) is 29.6 Å². The van der Waals surface area contributed by atoms with Gasteiger partial charge in [0.25, 0.3) is 0 Å². The van der Waals surface area contributed by atoms with Gasteiger partial charge in [-0.15, -0.1) is 0 Å². The van der Waals surface area contributed by atoms with Gasteiger partial charge in [-0.25, -0.2) is 15.0 Å². The zero-order valence-electron chi connectivity index (χ0n) is 24.1. The number of nitrogens with one attached hydrogen (secondary N) is 1. The highest BCUT2D eigenvalue weighted by molar-refractivity contribution is 9.10. The molecule has 4 heterocycles. The number of aromatic nitrogens is 5. The van der Waals surface area contributed by atoms with E-state index in [0.29, 0.717) is 50.3 Å². The van der Waals surface area contributed by atoms with E-state index in [0.717, 1.165) is 5.56 Å². The van der Waals surface area contributed by atoms with Gasteiger partial charge in [0, 0.05) is 47.7 Å². The number of anilines is 1. The Bertz CT molecular complexity index is 1820. The van der Waals surface area contributed by atoms with E-state index < -0.39 is 29.0 Å². The molecule has 0 unspecified atom stereocenters. The molecule has 2 amide bonds. The summed E-state index contributed by atoms with van der Waals surface area (Å²) in [6, 6.07) is 6.13. The van der Waals surface area contributed by atoms with Crippen LogP contribution >= 0.6 is 15.9 Å². The maximum Gasteiger partial charge on any atom is 0.248 e. The molecule has 1 aliphatic carbocycles. The van der Waals surface area contributed by atoms with Crippen molar-refractivity contribution in [3.05, 3.63) is 63.9 Å². The lowest BCUT2D eigenvalue weighted by Crippen LogP contribution is -2.51. The van der Waals surface area contributed by atoms with Gasteiger partial charge in [-0.2, -0.15) is 5.10 Å². The number of fused-ring (bicyclic) bond motifs is 2. The average Bonchev–Trinajstić information content (AvgIpc) is 3.21. The van der Waals surface area contributed by atoms with E-state index in [9.17, 15) is 24.6 Å². The molecule has 43 heavy (non-hydrogen) atoms. The van der Waals surface area contributed by atoms with Crippen molar-refractivity contribution < 1.29 is 24.6 Å². The zero-order chi connectivity index (χ0) is 30.8. The van der Waals surface area contributed by atoms with Crippen molar-refractivity contribution in [2.45, 2.75) is 65.5 Å². The number of aliphatic hydroxyl groups excluding tert-OH is 1. The van der Waals surface area contributed by atoms with Crippen LogP contribution in [0.4, 0.5) is 5.82 Å². The minimum Gasteiger partial charge on any atom is -0.392 e. The van der Waals surface area contributed by atoms with E-state index in [2.05, 4.69) is 41.3 Å². The number of benzene rings is 1. The Hall–Kier alpha value is -4.07. The smallest absolute Gasteiger partial charge is 0.248 e. The van der Waals surface area contributed by atoms with Crippen molar-refractivity contribution in [1.29, 1.82) is 0 Å². The SMILES string of the molecule is CC(=O)c1nn(CC(=O)N2[C@H](C(=O)Nc3nc(Br)ccc3C)C[C@@]3(C)C[C@@]23O)c2c(CO)cc(-c3cnc(C)nc3)cc12. The number of rotatable bonds is 7. The topological polar surface area (TPSA) is 163 Å². The highest BCUT2D eigenvalue weighted by Gasteiger charge is 2.75. The summed E-state index contributed by atoms with van der Waals surface area (Å²) in [5.74, 6) is -0.354. The monoisotopic (exact) mass is 647 g/mol. The molecule has 1 saturated carbocycles. The molecule has 0 radical (unpaired) electrons. The first-order valence-corrected chi connectivity index (χ1v) is 14.6. The third kappa shape index (κ3) is 4.81. The fourth-order valence-electron chi connectivity index (χ4n) is 6.12. The van der Waals surface area contributed by atoms with Gasteiger partial charge >= 0.3 is 0 Å². The molecule has 222 valence electrons. The van der Waals surface area contributed by atoms with Gasteiger partial charge in [-0.1, -0.05) is 13.0 Å². The number of piperidine rings is 1. The first-order valence-electron chi connectivity index (χ1n) is 13.8. The molecule has 13 heteroatoms. The number of ketones is 1. The lowest BCUT2D eigenvalue weighted by atomic mass is 10.0. The van der Waals surface area contributed by atoms with Crippen LogP contribution in [0.25, 0.3) is 22.0 Å². The average molecular weight is 649 g/mol. The predicted octanol–water partition coefficient (Wildman–Crippen LogP) is 3.30. The minimum absolute atomic E-state index is 0.134. The van der Waals surface area contributed by atoms with Gasteiger partial charge in [0.2, 0.25) is 11.8 Å². The molecular weight excluding hydrogens is 618 g/mol. The van der Waals surface area contributed by atoms with E-state index in [1.807, 2.05) is 19.9 Å². The fourth-order valence-corrected chi connectivity index (χ4v) is 6.43. The standard InChI is InChI=1S/C30H30BrN7O5/c1-15-5-6-23(31)34-27(15)35-28(42)22-9-29(4)14-30(29,43)38(22)24(41)12-37-26-19(13-39)7-18(20-10-32-17(3)33-11-20)8-21(26)25(36-37)16(2)40/h5-8,10-11,22,39,43H,9,12-14H2,1-4H3,(H,34,35,42)/t22-,29-,30-/m0/s1. The van der Waals surface area contributed by atoms with E-state index in [1.54, 1.807) is 37.5 Å². The number of hydrogen-bond acceptors (Lipinski definition) is 9. The molecule has 3 atom stereocenters. The van der Waals surface area contributed by atoms with Crippen molar-refractivity contribution in [2.75, 3.05) is 5.32 Å². The second-order valence-electron chi connectivity index (χ2n) is 11.6. The quantitative estimate of drug-likeness (QED) is 0.202. The molecule has 2 aliphatic rings. The van der Waals surface area contributed by atoms with E-state index in [4.69, 9.17) is 0 Å². The number of carbonyl (C=O) groups excluding carboxylic acids is 3. The van der Waals surface area contributed by atoms with Crippen LogP contribution in [0.3, 0.4) is 0 Å². The molecule has 6 rings (SSSR count). The van der Waals surface area contributed by atoms with Crippen LogP contribution < -0.4 is 5.32 Å². The molecule has 1 aromatic carbocycles. The van der Waals surface area contributed by atoms with Gasteiger partial charge in [-0.05, 0) is 65.5 Å². The third-order valence-corrected chi connectivity index (χ3v) is 8.98. The molecular formula is C30H30BrN7O5. The van der Waals surface area contributed by atoms with Crippen molar-refractivity contribution in [2.24, 2.45) is 5.41 Å². The first kappa shape index (κ1) is 29.0. The van der Waals surface area contributed by atoms with Crippen LogP contribution in [0.2, 0.25) is 0 Å². The molecule has 0 bridgehead atoms. The summed E-state index contributed by atoms with van der Waals surface area (Å²) in [7, 11) is 0. The Kier molecular flexibility index (Phi) is 6.94. The third-order valence-electron chi connectivity index (χ3n) is 8.53. The maximum absolute atomic E-state index is 14.0. The number of halogens is 1. The second-order valence-corrected chi connectivity index (χ2v) is 12.4. The summed E-state index contributed by atoms with van der Waals surface area (Å²) >= 11 is 3.31. The Morgan fingerprint density at radius 1 is 1.14 bits per heavy atom. The summed E-state index contributed by atoms with van der Waals surface area (Å²) in [4.78, 5) is 54.2. The van der Waals surface area contributed by atoms with Gasteiger partial charge in [0.15, 0.2) is 5.78 Å². The van der Waals surface area contributed by atoms with E-state index in [1.165, 1.54) is 16.5 Å². The van der Waals surface area contributed by atoms with Crippen LogP contribution in [0.5, 0.6) is 0 Å². The number of pyridine rings is 1. The van der Waals surface area contributed by atoms with Crippen LogP contribution in [0.1, 0.15) is 54.1 Å². The summed E-state index contributed by atoms with van der Waals surface area (Å²) < 4.78 is 1.91. The second kappa shape index (κ2) is 10.3. The van der Waals surface area contributed by atoms with Crippen molar-refractivity contribution in [3.8, 4) is 11.1 Å². The first-order chi connectivity index (χ1) is 20.3. The molecule has 4 aromatic rings. The highest BCUT2D eigenvalue weighted by atomic mass is 79.9. The van der Waals surface area contributed by atoms with Crippen LogP contribution in [-0.2, 0) is 22.7 Å². The zero-order valence-corrected chi connectivity index (χ0v) is 25.6. The summed E-state index contributed by atoms with van der Waals surface area (Å²) in [6.45, 7) is 6.06. The minimum atomic E-state index is -1.49. The lowest BCUT2D eigenvalue weighted by Gasteiger charge is -2.30. The molecule has 2 fully saturated rings. The van der Waals surface area contributed by atoms with E-state index in [-0.39, 0.29) is 31.0 Å². The van der Waals surface area contributed by atoms with E-state index >= 15 is 0 Å². The Morgan fingerprint density at radius 2 is 1.86 bits per heavy atom. The number of aryl methyl sites for hydroxylation is 2. The number of aliphatic hydroxyl groups is 2. The predicted molar refractivity (Wildman–Crippen MR) is 160 cm³/mol. The number of amides is 2. The maximum atomic E-state index is 14.0. The normalized spacial score (nSPS) is 22.5. The van der Waals surface area contributed by atoms with Crippen LogP contribution in [-0.4, -0.2) is 69.2 Å². The summed E-state index contributed by atoms with van der Waals surface area (Å²) in [6.07, 6.45) is 3.93. The number of Topliss-reactive ketones (excluding diaryl/α,β-unsaturated/α-hetero) is 1. The lowest BCUT2D eigenvalue weighted by molar-refractivity contribution is -0.151. The molecule has 1 aliphatic heterocycles. The number of carbonyl (C=O) groups is 3. The fraction of sp³-hybridized carbons (Fsp3) is 0.367. The summed E-state index contributed by atoms with van der Waals surface area (Å²) in [5, 5.41) is 29.6. The van der Waals surface area contributed by atoms with Gasteiger partial charge in [-0.3, -0.25) is 19.1 Å². The molecule has 1 saturated heterocycles. The van der Waals surface area contributed by atoms with Crippen LogP contribution in [0.15, 0.2) is 41.3 Å². The van der Waals surface area contributed by atoms with Gasteiger partial charge in [0.05, 0.1) is 12.1 Å². The Balaban J connectivity index is 1.36. The molecule has 12 nitrogen and oxygen atoms in total. The number of hydrogen-bond donors (Lipinski definition) is 3. The largest absolute Gasteiger partial charge is 0.392 e. The Labute approximate surface area is 255 Å². The summed E-state index contributed by atoms with van der Waals surface area (Å²) in [5.41, 5.74) is 0.987. The van der Waals surface area contributed by atoms with Crippen molar-refractivity contribution >= 4 is 50.2 Å².